The van der Waals surface area contributed by atoms with E-state index >= 15 is 0 Å². The second-order valence-corrected chi connectivity index (χ2v) is 5.49. The highest BCUT2D eigenvalue weighted by Crippen LogP contribution is 2.39. The Bertz CT molecular complexity index is 641. The van der Waals surface area contributed by atoms with Crippen LogP contribution in [0.25, 0.3) is 0 Å². The first-order valence-corrected chi connectivity index (χ1v) is 7.30. The third kappa shape index (κ3) is 3.16. The van der Waals surface area contributed by atoms with Gasteiger partial charge in [-0.2, -0.15) is 0 Å². The third-order valence-corrected chi connectivity index (χ3v) is 3.87. The Morgan fingerprint density at radius 3 is 2.41 bits per heavy atom. The average Bonchev–Trinajstić information content (AvgIpc) is 2.82. The first-order valence-electron chi connectivity index (χ1n) is 7.30. The van der Waals surface area contributed by atoms with Crippen molar-refractivity contribution in [3.63, 3.8) is 0 Å². The van der Waals surface area contributed by atoms with Crippen LogP contribution in [0, 0.1) is 6.92 Å². The van der Waals surface area contributed by atoms with Crippen molar-refractivity contribution >= 4 is 5.97 Å². The molecule has 1 heterocycles. The van der Waals surface area contributed by atoms with E-state index in [1.165, 1.54) is 6.08 Å². The number of carbonyl (C=O) groups is 1. The molecule has 0 bridgehead atoms. The van der Waals surface area contributed by atoms with Crippen LogP contribution in [0.5, 0.6) is 11.5 Å². The molecule has 0 radical (unpaired) electrons. The summed E-state index contributed by atoms with van der Waals surface area (Å²) in [6.07, 6.45) is 4.20. The molecule has 1 aliphatic rings. The van der Waals surface area contributed by atoms with Gasteiger partial charge in [0.1, 0.15) is 5.76 Å². The topological polar surface area (TPSA) is 44.8 Å². The number of allylic oxidation sites excluding steroid dienone is 2. The lowest BCUT2D eigenvalue weighted by Crippen LogP contribution is -2.01. The molecule has 1 atom stereocenters. The zero-order valence-electron chi connectivity index (χ0n) is 13.7. The highest BCUT2D eigenvalue weighted by molar-refractivity contribution is 5.88. The molecule has 1 aromatic rings. The lowest BCUT2D eigenvalue weighted by Gasteiger charge is -2.18. The number of hydrogen-bond acceptors (Lipinski definition) is 4. The number of hydrogen-bond donors (Lipinski definition) is 0. The third-order valence-electron chi connectivity index (χ3n) is 3.87. The number of carbonyl (C=O) groups excluding carboxylic acids is 1. The van der Waals surface area contributed by atoms with Gasteiger partial charge in [-0.15, -0.1) is 0 Å². The van der Waals surface area contributed by atoms with Gasteiger partial charge < -0.3 is 14.2 Å². The SMILES string of the molecule is COc1c(C)ccc(C(C)C/C=C2\OC(=O)C=C2C)c1OC. The molecule has 118 valence electrons. The maximum atomic E-state index is 11.2. The van der Waals surface area contributed by atoms with Gasteiger partial charge in [0, 0.05) is 11.6 Å². The number of ether oxygens (including phenoxy) is 3. The Morgan fingerprint density at radius 1 is 1.18 bits per heavy atom. The molecule has 0 aromatic heterocycles. The minimum Gasteiger partial charge on any atom is -0.493 e. The summed E-state index contributed by atoms with van der Waals surface area (Å²) >= 11 is 0. The molecule has 0 amide bonds. The van der Waals surface area contributed by atoms with Gasteiger partial charge in [0.25, 0.3) is 0 Å². The summed E-state index contributed by atoms with van der Waals surface area (Å²) in [5, 5.41) is 0. The van der Waals surface area contributed by atoms with Crippen LogP contribution < -0.4 is 9.47 Å². The van der Waals surface area contributed by atoms with E-state index < -0.39 is 0 Å². The minimum atomic E-state index is -0.300. The van der Waals surface area contributed by atoms with E-state index in [4.69, 9.17) is 14.2 Å². The predicted octanol–water partition coefficient (Wildman–Crippen LogP) is 3.89. The molecule has 1 aliphatic heterocycles. The van der Waals surface area contributed by atoms with E-state index in [2.05, 4.69) is 13.0 Å². The van der Waals surface area contributed by atoms with Crippen molar-refractivity contribution < 1.29 is 19.0 Å². The number of esters is 1. The Balaban J connectivity index is 2.23. The van der Waals surface area contributed by atoms with Gasteiger partial charge in [-0.3, -0.25) is 0 Å². The maximum absolute atomic E-state index is 11.2. The molecule has 1 unspecified atom stereocenters. The van der Waals surface area contributed by atoms with Crippen molar-refractivity contribution in [2.24, 2.45) is 0 Å². The van der Waals surface area contributed by atoms with Crippen LogP contribution in [0.3, 0.4) is 0 Å². The molecule has 22 heavy (non-hydrogen) atoms. The number of cyclic esters (lactones) is 1. The van der Waals surface area contributed by atoms with Gasteiger partial charge in [0.2, 0.25) is 0 Å². The fourth-order valence-electron chi connectivity index (χ4n) is 2.61. The molecule has 1 aromatic carbocycles. The molecule has 0 aliphatic carbocycles. The minimum absolute atomic E-state index is 0.212. The molecule has 0 fully saturated rings. The lowest BCUT2D eigenvalue weighted by molar-refractivity contribution is -0.132. The Hall–Kier alpha value is -2.23. The molecule has 4 heteroatoms. The lowest BCUT2D eigenvalue weighted by atomic mass is 9.94. The van der Waals surface area contributed by atoms with Crippen LogP contribution >= 0.6 is 0 Å². The maximum Gasteiger partial charge on any atom is 0.336 e. The molecule has 0 spiro atoms. The molecular formula is C18H22O4. The van der Waals surface area contributed by atoms with Crippen LogP contribution in [0.1, 0.15) is 37.3 Å². The van der Waals surface area contributed by atoms with Crippen molar-refractivity contribution in [3.8, 4) is 11.5 Å². The number of benzene rings is 1. The fraction of sp³-hybridized carbons (Fsp3) is 0.389. The summed E-state index contributed by atoms with van der Waals surface area (Å²) in [5.41, 5.74) is 2.98. The van der Waals surface area contributed by atoms with Crippen molar-refractivity contribution in [3.05, 3.63) is 46.7 Å². The zero-order valence-corrected chi connectivity index (χ0v) is 13.7. The van der Waals surface area contributed by atoms with Crippen molar-refractivity contribution in [2.45, 2.75) is 33.1 Å². The largest absolute Gasteiger partial charge is 0.493 e. The monoisotopic (exact) mass is 302 g/mol. The van der Waals surface area contributed by atoms with E-state index in [0.29, 0.717) is 5.76 Å². The second-order valence-electron chi connectivity index (χ2n) is 5.49. The first-order chi connectivity index (χ1) is 10.5. The first kappa shape index (κ1) is 16.1. The molecule has 4 nitrogen and oxygen atoms in total. The predicted molar refractivity (Wildman–Crippen MR) is 85.2 cm³/mol. The van der Waals surface area contributed by atoms with E-state index in [1.54, 1.807) is 14.2 Å². The van der Waals surface area contributed by atoms with E-state index in [9.17, 15) is 4.79 Å². The summed E-state index contributed by atoms with van der Waals surface area (Å²) < 4.78 is 16.1. The van der Waals surface area contributed by atoms with E-state index in [0.717, 1.165) is 34.6 Å². The zero-order chi connectivity index (χ0) is 16.3. The Kier molecular flexibility index (Phi) is 4.91. The highest BCUT2D eigenvalue weighted by Gasteiger charge is 2.19. The van der Waals surface area contributed by atoms with Crippen molar-refractivity contribution in [2.75, 3.05) is 14.2 Å². The summed E-state index contributed by atoms with van der Waals surface area (Å²) in [6, 6.07) is 4.09. The Morgan fingerprint density at radius 2 is 1.86 bits per heavy atom. The number of rotatable bonds is 5. The molecule has 0 N–H and O–H groups in total. The van der Waals surface area contributed by atoms with Crippen LogP contribution in [-0.4, -0.2) is 20.2 Å². The fourth-order valence-corrected chi connectivity index (χ4v) is 2.61. The average molecular weight is 302 g/mol. The molecule has 0 saturated heterocycles. The molecule has 0 saturated carbocycles. The van der Waals surface area contributed by atoms with Crippen LogP contribution in [-0.2, 0) is 9.53 Å². The van der Waals surface area contributed by atoms with Crippen molar-refractivity contribution in [1.29, 1.82) is 0 Å². The molecular weight excluding hydrogens is 280 g/mol. The Labute approximate surface area is 131 Å². The standard InChI is InChI=1S/C18H22O4/c1-11(7-9-15-13(3)10-16(19)22-15)14-8-6-12(2)17(20-4)18(14)21-5/h6,8-11H,7H2,1-5H3/b15-9-. The highest BCUT2D eigenvalue weighted by atomic mass is 16.5. The van der Waals surface area contributed by atoms with Gasteiger partial charge in [0.05, 0.1) is 14.2 Å². The summed E-state index contributed by atoms with van der Waals surface area (Å²) in [6.45, 7) is 5.97. The molecule has 2 rings (SSSR count). The number of methoxy groups -OCH3 is 2. The van der Waals surface area contributed by atoms with Gasteiger partial charge in [-0.05, 0) is 43.4 Å². The van der Waals surface area contributed by atoms with Crippen LogP contribution in [0.2, 0.25) is 0 Å². The summed E-state index contributed by atoms with van der Waals surface area (Å²) in [7, 11) is 3.30. The van der Waals surface area contributed by atoms with Gasteiger partial charge in [-0.1, -0.05) is 19.1 Å². The normalized spacial score (nSPS) is 17.2. The van der Waals surface area contributed by atoms with Gasteiger partial charge in [-0.25, -0.2) is 4.79 Å². The van der Waals surface area contributed by atoms with Crippen LogP contribution in [0.4, 0.5) is 0 Å². The van der Waals surface area contributed by atoms with Crippen LogP contribution in [0.15, 0.2) is 35.6 Å². The van der Waals surface area contributed by atoms with E-state index in [-0.39, 0.29) is 11.9 Å². The second kappa shape index (κ2) is 6.69. The number of aryl methyl sites for hydroxylation is 1. The van der Waals surface area contributed by atoms with Gasteiger partial charge >= 0.3 is 5.97 Å². The summed E-state index contributed by atoms with van der Waals surface area (Å²) in [5.74, 6) is 2.09. The van der Waals surface area contributed by atoms with Crippen molar-refractivity contribution in [1.82, 2.24) is 0 Å². The quantitative estimate of drug-likeness (QED) is 0.774. The van der Waals surface area contributed by atoms with Gasteiger partial charge in [0.15, 0.2) is 11.5 Å². The smallest absolute Gasteiger partial charge is 0.336 e. The summed E-state index contributed by atoms with van der Waals surface area (Å²) in [4.78, 5) is 11.2. The van der Waals surface area contributed by atoms with E-state index in [1.807, 2.05) is 26.0 Å².